The van der Waals surface area contributed by atoms with Gasteiger partial charge in [-0.3, -0.25) is 9.48 Å². The van der Waals surface area contributed by atoms with Crippen LogP contribution in [0.15, 0.2) is 23.4 Å². The Hall–Kier alpha value is -2.71. The summed E-state index contributed by atoms with van der Waals surface area (Å²) in [5.74, 6) is -4.40. The van der Waals surface area contributed by atoms with Crippen LogP contribution in [0.3, 0.4) is 0 Å². The van der Waals surface area contributed by atoms with Crippen molar-refractivity contribution in [2.24, 2.45) is 5.41 Å². The molecular weight excluding hydrogens is 519 g/mol. The first-order valence-electron chi connectivity index (χ1n) is 10.7. The van der Waals surface area contributed by atoms with Crippen LogP contribution in [0.4, 0.5) is 36.4 Å². The zero-order valence-electron chi connectivity index (χ0n) is 19.1. The molecule has 2 aliphatic carbocycles. The molecule has 0 spiro atoms. The van der Waals surface area contributed by atoms with Crippen molar-refractivity contribution in [3.05, 3.63) is 35.3 Å². The van der Waals surface area contributed by atoms with E-state index in [9.17, 15) is 39.7 Å². The maximum absolute atomic E-state index is 14.2. The van der Waals surface area contributed by atoms with Crippen molar-refractivity contribution in [3.8, 4) is 0 Å². The van der Waals surface area contributed by atoms with Gasteiger partial charge < -0.3 is 5.32 Å². The first-order chi connectivity index (χ1) is 16.4. The summed E-state index contributed by atoms with van der Waals surface area (Å²) < 4.78 is 118. The van der Waals surface area contributed by atoms with Gasteiger partial charge in [-0.1, -0.05) is 6.92 Å². The molecule has 4 rings (SSSR count). The van der Waals surface area contributed by atoms with E-state index in [0.29, 0.717) is 4.68 Å². The Labute approximate surface area is 201 Å². The van der Waals surface area contributed by atoms with Crippen LogP contribution in [0.2, 0.25) is 0 Å². The molecule has 2 aromatic heterocycles. The predicted octanol–water partition coefficient (Wildman–Crippen LogP) is 5.32. The Balaban J connectivity index is 1.82. The molecule has 7 nitrogen and oxygen atoms in total. The second kappa shape index (κ2) is 8.15. The minimum absolute atomic E-state index is 0.148. The number of nitrogens with zero attached hydrogens (tertiary/aromatic N) is 3. The van der Waals surface area contributed by atoms with Crippen LogP contribution in [0.1, 0.15) is 54.4 Å². The summed E-state index contributed by atoms with van der Waals surface area (Å²) in [5, 5.41) is 5.73. The molecule has 0 aromatic carbocycles. The van der Waals surface area contributed by atoms with Crippen molar-refractivity contribution in [2.45, 2.75) is 68.1 Å². The van der Waals surface area contributed by atoms with Gasteiger partial charge in [-0.2, -0.15) is 18.3 Å². The van der Waals surface area contributed by atoms with Gasteiger partial charge in [-0.15, -0.1) is 0 Å². The first kappa shape index (κ1) is 26.4. The van der Waals surface area contributed by atoms with E-state index >= 15 is 0 Å². The molecule has 0 radical (unpaired) electrons. The average Bonchev–Trinajstić information content (AvgIpc) is 3.41. The quantitative estimate of drug-likeness (QED) is 0.464. The lowest BCUT2D eigenvalue weighted by atomic mass is 9.67. The van der Waals surface area contributed by atoms with E-state index in [1.165, 1.54) is 13.0 Å². The van der Waals surface area contributed by atoms with Gasteiger partial charge in [-0.25, -0.2) is 31.5 Å². The lowest BCUT2D eigenvalue weighted by molar-refractivity contribution is -0.160. The summed E-state index contributed by atoms with van der Waals surface area (Å²) in [6.45, 7) is 0.868. The molecular formula is C21H22F7N5O2S. The van der Waals surface area contributed by atoms with Gasteiger partial charge in [0, 0.05) is 37.5 Å². The van der Waals surface area contributed by atoms with Crippen molar-refractivity contribution in [3.63, 3.8) is 0 Å². The highest BCUT2D eigenvalue weighted by Gasteiger charge is 2.60. The highest BCUT2D eigenvalue weighted by Crippen LogP contribution is 2.57. The molecule has 1 atom stereocenters. The monoisotopic (exact) mass is 541 g/mol. The van der Waals surface area contributed by atoms with Gasteiger partial charge in [-0.05, 0) is 30.4 Å². The average molecular weight is 541 g/mol. The molecule has 0 unspecified atom stereocenters. The van der Waals surface area contributed by atoms with Gasteiger partial charge in [0.1, 0.15) is 16.3 Å². The molecule has 0 aliphatic heterocycles. The van der Waals surface area contributed by atoms with Crippen molar-refractivity contribution < 1.29 is 39.7 Å². The molecule has 0 bridgehead atoms. The Morgan fingerprint density at radius 1 is 1.28 bits per heavy atom. The van der Waals surface area contributed by atoms with Crippen LogP contribution in [0.5, 0.6) is 0 Å². The van der Waals surface area contributed by atoms with Crippen LogP contribution >= 0.6 is 0 Å². The Morgan fingerprint density at radius 2 is 1.89 bits per heavy atom. The van der Waals surface area contributed by atoms with Gasteiger partial charge in [0.15, 0.2) is 0 Å². The third kappa shape index (κ3) is 4.81. The maximum Gasteiger partial charge on any atom is 0.420 e. The van der Waals surface area contributed by atoms with Crippen molar-refractivity contribution in [1.82, 2.24) is 14.8 Å². The summed E-state index contributed by atoms with van der Waals surface area (Å²) in [4.78, 5) is 16.9. The number of pyridine rings is 1. The molecule has 2 saturated carbocycles. The molecule has 2 heterocycles. The summed E-state index contributed by atoms with van der Waals surface area (Å²) in [7, 11) is -3.33. The second-order valence-electron chi connectivity index (χ2n) is 9.89. The van der Waals surface area contributed by atoms with E-state index in [-0.39, 0.29) is 23.6 Å². The Morgan fingerprint density at radius 3 is 2.36 bits per heavy atom. The SMILES string of the molecule is CC1(Cn2nc(C3(C(F)F)CC3)c(C(F)(F)F)c2C(=O)Nc2ccnc([S@@](C)(=N)=O)c2)CC(F)(F)C1. The number of carbonyl (C=O) groups excluding carboxylic acids is 1. The summed E-state index contributed by atoms with van der Waals surface area (Å²) in [5.41, 5.74) is -7.24. The number of rotatable bonds is 7. The predicted molar refractivity (Wildman–Crippen MR) is 114 cm³/mol. The highest BCUT2D eigenvalue weighted by atomic mass is 32.2. The number of nitrogens with one attached hydrogen (secondary N) is 2. The zero-order chi connectivity index (χ0) is 26.9. The van der Waals surface area contributed by atoms with Gasteiger partial charge in [0.25, 0.3) is 5.91 Å². The van der Waals surface area contributed by atoms with Gasteiger partial charge >= 0.3 is 6.18 Å². The molecule has 198 valence electrons. The van der Waals surface area contributed by atoms with E-state index in [4.69, 9.17) is 4.78 Å². The molecule has 15 heteroatoms. The summed E-state index contributed by atoms with van der Waals surface area (Å²) >= 11 is 0. The number of aromatic nitrogens is 3. The van der Waals surface area contributed by atoms with Crippen LogP contribution in [0.25, 0.3) is 0 Å². The van der Waals surface area contributed by atoms with E-state index in [2.05, 4.69) is 15.4 Å². The number of halogens is 7. The zero-order valence-corrected chi connectivity index (χ0v) is 19.9. The van der Waals surface area contributed by atoms with E-state index in [1.807, 2.05) is 0 Å². The number of hydrogen-bond donors (Lipinski definition) is 2. The highest BCUT2D eigenvalue weighted by molar-refractivity contribution is 7.91. The molecule has 2 N–H and O–H groups in total. The number of anilines is 1. The standard InChI is InChI=1S/C21H22F7N5O2S/c1-18(8-20(24,25)9-18)10-33-14(16(34)31-11-3-6-30-12(7-11)36(2,29)35)13(21(26,27)28)15(32-33)19(4-5-19)17(22)23/h3,6-7,17,29H,4-5,8-10H2,1-2H3,(H,30,31,34)/t36-/m0/s1. The topological polar surface area (TPSA) is 101 Å². The Bertz CT molecular complexity index is 1310. The maximum atomic E-state index is 14.2. The smallest absolute Gasteiger partial charge is 0.320 e. The lowest BCUT2D eigenvalue weighted by Crippen LogP contribution is -2.47. The normalized spacial score (nSPS) is 21.5. The minimum Gasteiger partial charge on any atom is -0.320 e. The summed E-state index contributed by atoms with van der Waals surface area (Å²) in [6.07, 6.45) is -8.18. The Kier molecular flexibility index (Phi) is 5.97. The largest absolute Gasteiger partial charge is 0.420 e. The molecule has 1 amide bonds. The fourth-order valence-electron chi connectivity index (χ4n) is 4.68. The van der Waals surface area contributed by atoms with Crippen LogP contribution in [-0.2, 0) is 27.9 Å². The third-order valence-electron chi connectivity index (χ3n) is 6.42. The fraction of sp³-hybridized carbons (Fsp3) is 0.571. The van der Waals surface area contributed by atoms with Crippen LogP contribution in [-0.4, -0.2) is 43.5 Å². The van der Waals surface area contributed by atoms with E-state index in [1.54, 1.807) is 0 Å². The molecule has 2 aromatic rings. The second-order valence-corrected chi connectivity index (χ2v) is 12.0. The van der Waals surface area contributed by atoms with Crippen LogP contribution < -0.4 is 5.32 Å². The third-order valence-corrected chi connectivity index (χ3v) is 7.44. The number of amides is 1. The molecule has 2 fully saturated rings. The van der Waals surface area contributed by atoms with Crippen molar-refractivity contribution in [2.75, 3.05) is 11.6 Å². The molecule has 0 saturated heterocycles. The fourth-order valence-corrected chi connectivity index (χ4v) is 5.29. The number of carbonyl (C=O) groups is 1. The van der Waals surface area contributed by atoms with Gasteiger partial charge in [0.05, 0.1) is 20.8 Å². The summed E-state index contributed by atoms with van der Waals surface area (Å²) in [6, 6.07) is 2.22. The number of hydrogen-bond acceptors (Lipinski definition) is 5. The number of alkyl halides is 7. The minimum atomic E-state index is -5.25. The van der Waals surface area contributed by atoms with Crippen molar-refractivity contribution in [1.29, 1.82) is 4.78 Å². The van der Waals surface area contributed by atoms with Gasteiger partial charge in [0.2, 0.25) is 12.3 Å². The first-order valence-corrected chi connectivity index (χ1v) is 12.7. The van der Waals surface area contributed by atoms with Crippen molar-refractivity contribution >= 4 is 21.3 Å². The molecule has 36 heavy (non-hydrogen) atoms. The molecule has 2 aliphatic rings. The van der Waals surface area contributed by atoms with Crippen LogP contribution in [0, 0.1) is 10.2 Å². The van der Waals surface area contributed by atoms with E-state index in [0.717, 1.165) is 18.5 Å². The van der Waals surface area contributed by atoms with E-state index < -0.39 is 81.3 Å². The lowest BCUT2D eigenvalue weighted by Gasteiger charge is -2.44.